The predicted octanol–water partition coefficient (Wildman–Crippen LogP) is 21.6. The molecule has 0 spiro atoms. The zero-order valence-corrected chi connectivity index (χ0v) is 69.0. The fraction of sp³-hybridized carbons (Fsp3) is 0.0265. The van der Waals surface area contributed by atoms with Crippen molar-refractivity contribution in [3.8, 4) is 38.7 Å². The first-order valence-corrected chi connectivity index (χ1v) is 44.1. The lowest BCUT2D eigenvalue weighted by Crippen LogP contribution is -2.54. The predicted molar refractivity (Wildman–Crippen MR) is 528 cm³/mol. The second kappa shape index (κ2) is 27.5. The number of allylic oxidation sites excluding steroid dienone is 1. The number of aromatic nitrogens is 1. The zero-order valence-electron chi connectivity index (χ0n) is 68.2. The Morgan fingerprint density at radius 1 is 0.258 bits per heavy atom. The zero-order chi connectivity index (χ0) is 81.6. The molecule has 11 heteroatoms. The molecule has 17 aromatic carbocycles. The van der Waals surface area contributed by atoms with E-state index in [0.29, 0.717) is 13.4 Å². The molecule has 0 atom stereocenters. The van der Waals surface area contributed by atoms with Crippen LogP contribution in [0.5, 0.6) is 0 Å². The Morgan fingerprint density at radius 2 is 0.621 bits per heavy atom. The van der Waals surface area contributed by atoms with Crippen LogP contribution >= 0.6 is 11.3 Å². The molecule has 124 heavy (non-hydrogen) atoms. The Balaban J connectivity index is 0.0000000887. The number of nitrogens with zero attached hydrogens (tertiary/aromatic N) is 5. The highest BCUT2D eigenvalue weighted by molar-refractivity contribution is 7.27. The lowest BCUT2D eigenvalue weighted by molar-refractivity contribution is 0.635. The summed E-state index contributed by atoms with van der Waals surface area (Å²) in [4.78, 5) is 11.2. The second-order valence-electron chi connectivity index (χ2n) is 34.2. The molecule has 0 fully saturated rings. The van der Waals surface area contributed by atoms with Gasteiger partial charge in [-0.25, -0.2) is 0 Å². The normalized spacial score (nSPS) is 14.1. The van der Waals surface area contributed by atoms with Crippen molar-refractivity contribution < 1.29 is 4.42 Å². The monoisotopic (exact) mass is 1590 g/mol. The van der Waals surface area contributed by atoms with Crippen molar-refractivity contribution in [2.45, 2.75) is 19.3 Å². The number of rotatable bonds is 5. The molecule has 6 nitrogen and oxygen atoms in total. The van der Waals surface area contributed by atoms with E-state index in [-0.39, 0.29) is 18.8 Å². The van der Waals surface area contributed by atoms with E-state index < -0.39 is 0 Å². The van der Waals surface area contributed by atoms with Gasteiger partial charge in [0.15, 0.2) is 0 Å². The van der Waals surface area contributed by atoms with E-state index in [1.54, 1.807) is 0 Å². The molecule has 0 N–H and O–H groups in total. The van der Waals surface area contributed by atoms with Crippen molar-refractivity contribution in [2.75, 3.05) is 19.6 Å². The highest BCUT2D eigenvalue weighted by atomic mass is 32.1. The molecule has 576 valence electrons. The molecular formula is C113H75B4N5OS. The van der Waals surface area contributed by atoms with Gasteiger partial charge < -0.3 is 28.6 Å². The molecule has 3 aromatic heterocycles. The van der Waals surface area contributed by atoms with Crippen LogP contribution in [-0.2, 0) is 5.41 Å². The van der Waals surface area contributed by atoms with Gasteiger partial charge in [0.05, 0.1) is 5.52 Å². The number of fused-ring (bicyclic) bond motifs is 27. The van der Waals surface area contributed by atoms with Gasteiger partial charge in [0, 0.05) is 106 Å². The van der Waals surface area contributed by atoms with Gasteiger partial charge in [-0.05, 0) is 232 Å². The SMILES string of the molecule is CC1(C)C2=C(B3c4ccccc4N(c4ccccc4)c4cccc2c43)c2ccccc21.c1ccc(N2c3ccccc3B3c4c(cccc42)-c2c3c3ccccc3n2-c2ccccc2)cc1.c1ccc(N2c3ccccc3B3c4c(cccc42)-c2oc4ccccc4c23)cc1.c1ccc(N2c3ccccc3B3c4c(cccc42)-c2sc4ccccc4c23)cc1. The number of thiophene rings is 1. The molecule has 0 saturated heterocycles. The van der Waals surface area contributed by atoms with Gasteiger partial charge >= 0.3 is 0 Å². The summed E-state index contributed by atoms with van der Waals surface area (Å²) >= 11 is 1.94. The second-order valence-corrected chi connectivity index (χ2v) is 35.2. The van der Waals surface area contributed by atoms with Crippen molar-refractivity contribution in [1.29, 1.82) is 0 Å². The summed E-state index contributed by atoms with van der Waals surface area (Å²) in [6, 6.07) is 152. The summed E-state index contributed by atoms with van der Waals surface area (Å²) in [6.07, 6.45) is 0. The largest absolute Gasteiger partial charge is 0.457 e. The maximum atomic E-state index is 6.39. The lowest BCUT2D eigenvalue weighted by Gasteiger charge is -2.37. The molecule has 0 amide bonds. The number of para-hydroxylation sites is 11. The molecule has 9 aliphatic rings. The van der Waals surface area contributed by atoms with E-state index in [0.717, 1.165) is 11.3 Å². The van der Waals surface area contributed by atoms with E-state index >= 15 is 0 Å². The number of hydrogen-bond donors (Lipinski definition) is 0. The van der Waals surface area contributed by atoms with Crippen LogP contribution in [0, 0.1) is 0 Å². The summed E-state index contributed by atoms with van der Waals surface area (Å²) < 4.78 is 10.2. The first kappa shape index (κ1) is 70.8. The Labute approximate surface area is 726 Å². The quantitative estimate of drug-likeness (QED) is 0.160. The first-order chi connectivity index (χ1) is 61.4. The van der Waals surface area contributed by atoms with Gasteiger partial charge in [-0.1, -0.05) is 311 Å². The van der Waals surface area contributed by atoms with Crippen LogP contribution in [0.4, 0.5) is 68.2 Å². The number of anilines is 12. The minimum absolute atomic E-state index is 0.00487. The van der Waals surface area contributed by atoms with Crippen LogP contribution in [0.2, 0.25) is 0 Å². The van der Waals surface area contributed by atoms with E-state index in [1.165, 1.54) is 215 Å². The molecule has 29 rings (SSSR count). The average Bonchev–Trinajstić information content (AvgIpc) is 1.51. The lowest BCUT2D eigenvalue weighted by atomic mass is 9.35. The molecule has 0 unspecified atom stereocenters. The third kappa shape index (κ3) is 10.1. The van der Waals surface area contributed by atoms with Crippen LogP contribution in [-0.4, -0.2) is 31.4 Å². The molecule has 0 radical (unpaired) electrons. The summed E-state index contributed by atoms with van der Waals surface area (Å²) in [7, 11) is 0. The Morgan fingerprint density at radius 3 is 1.16 bits per heavy atom. The van der Waals surface area contributed by atoms with Crippen molar-refractivity contribution >= 4 is 210 Å². The highest BCUT2D eigenvalue weighted by Crippen LogP contribution is 2.57. The Hall–Kier alpha value is -15.0. The van der Waals surface area contributed by atoms with Crippen molar-refractivity contribution in [1.82, 2.24) is 4.57 Å². The van der Waals surface area contributed by atoms with Crippen LogP contribution in [0.1, 0.15) is 30.5 Å². The maximum absolute atomic E-state index is 6.39. The Bertz CT molecular complexity index is 7630. The molecule has 20 aromatic rings. The topological polar surface area (TPSA) is 31.0 Å². The minimum atomic E-state index is 0.00487. The van der Waals surface area contributed by atoms with E-state index in [4.69, 9.17) is 4.42 Å². The smallest absolute Gasteiger partial charge is 0.253 e. The minimum Gasteiger partial charge on any atom is -0.457 e. The van der Waals surface area contributed by atoms with Gasteiger partial charge in [0.1, 0.15) is 11.3 Å². The maximum Gasteiger partial charge on any atom is 0.253 e. The summed E-state index contributed by atoms with van der Waals surface area (Å²) in [5, 5.41) is 3.96. The van der Waals surface area contributed by atoms with Crippen molar-refractivity contribution in [2.24, 2.45) is 0 Å². The van der Waals surface area contributed by atoms with Crippen molar-refractivity contribution in [3.05, 3.63) is 435 Å². The summed E-state index contributed by atoms with van der Waals surface area (Å²) in [5.41, 5.74) is 46.5. The van der Waals surface area contributed by atoms with Gasteiger partial charge in [-0.2, -0.15) is 0 Å². The molecular weight excluding hydrogens is 1520 g/mol. The Kier molecular flexibility index (Phi) is 15.7. The first-order valence-electron chi connectivity index (χ1n) is 43.3. The van der Waals surface area contributed by atoms with E-state index in [9.17, 15) is 0 Å². The number of hydrogen-bond acceptors (Lipinski definition) is 6. The van der Waals surface area contributed by atoms with Gasteiger partial charge in [-0.15, -0.1) is 11.3 Å². The molecule has 8 aliphatic heterocycles. The fourth-order valence-corrected chi connectivity index (χ4v) is 24.2. The summed E-state index contributed by atoms with van der Waals surface area (Å²) in [5.74, 6) is 1.03. The van der Waals surface area contributed by atoms with Crippen LogP contribution in [0.25, 0.3) is 81.7 Å². The van der Waals surface area contributed by atoms with Gasteiger partial charge in [-0.3, -0.25) is 0 Å². The van der Waals surface area contributed by atoms with Crippen LogP contribution < -0.4 is 79.7 Å². The van der Waals surface area contributed by atoms with Gasteiger partial charge in [0.25, 0.3) is 13.4 Å². The van der Waals surface area contributed by atoms with Crippen LogP contribution in [0.15, 0.2) is 423 Å². The standard InChI is InChI=1S/C32H21BN2.C29H22BN.C26H16BNO.C26H16BNS/c1-3-12-22(13-4-1)34-28-20-10-8-18-26(28)33-30-25(17-11-21-29(30)34)32-31(33)24-16-7-9-19-27(24)35(32)23-14-5-2-6-15-23;1-29(2)22-15-7-6-13-20(22)28-26(29)21-14-10-18-25-27(21)30(28)23-16-8-9-17-24(23)31(25)19-11-4-3-5-12-19;2*1-2-9-17(10-3-1)28-21-14-6-5-13-20(21)27-24-19(12-8-15-22(24)28)26-25(27)18-11-4-7-16-23(18)29-26/h1-21H;3-18H,1-2H3;2*1-16H. The molecule has 0 bridgehead atoms. The molecule has 11 heterocycles. The van der Waals surface area contributed by atoms with Crippen LogP contribution in [0.3, 0.4) is 0 Å². The van der Waals surface area contributed by atoms with Gasteiger partial charge in [0.2, 0.25) is 13.4 Å². The molecule has 1 aliphatic carbocycles. The summed E-state index contributed by atoms with van der Waals surface area (Å²) in [6.45, 7) is 5.80. The number of benzene rings is 17. The van der Waals surface area contributed by atoms with E-state index in [1.807, 2.05) is 17.4 Å². The molecule has 0 saturated carbocycles. The average molecular weight is 1590 g/mol. The highest BCUT2D eigenvalue weighted by Gasteiger charge is 2.53. The third-order valence-corrected chi connectivity index (χ3v) is 28.8. The number of furan rings is 1. The van der Waals surface area contributed by atoms with Crippen molar-refractivity contribution in [3.63, 3.8) is 0 Å². The fourth-order valence-electron chi connectivity index (χ4n) is 23.0. The van der Waals surface area contributed by atoms with E-state index in [2.05, 4.69) is 451 Å². The third-order valence-electron chi connectivity index (χ3n) is 27.6.